The Kier molecular flexibility index (Phi) is 6.31. The van der Waals surface area contributed by atoms with Crippen LogP contribution in [0.15, 0.2) is 24.3 Å². The van der Waals surface area contributed by atoms with E-state index in [2.05, 4.69) is 12.2 Å². The molecule has 0 bridgehead atoms. The highest BCUT2D eigenvalue weighted by Crippen LogP contribution is 2.17. The highest BCUT2D eigenvalue weighted by Gasteiger charge is 2.25. The lowest BCUT2D eigenvalue weighted by Crippen LogP contribution is -2.48. The number of nitrogens with one attached hydrogen (secondary N) is 1. The Morgan fingerprint density at radius 1 is 1.15 bits per heavy atom. The lowest BCUT2D eigenvalue weighted by atomic mass is 10.1. The SMILES string of the molecule is CCCOc1ccc(OCCNC(C)(C)C(=O)O)cc1. The smallest absolute Gasteiger partial charge is 0.323 e. The van der Waals surface area contributed by atoms with Crippen LogP contribution in [0.25, 0.3) is 0 Å². The van der Waals surface area contributed by atoms with Crippen molar-refractivity contribution in [2.24, 2.45) is 0 Å². The van der Waals surface area contributed by atoms with E-state index in [0.29, 0.717) is 19.8 Å². The Labute approximate surface area is 119 Å². The van der Waals surface area contributed by atoms with Crippen molar-refractivity contribution in [2.45, 2.75) is 32.7 Å². The molecule has 0 aliphatic carbocycles. The van der Waals surface area contributed by atoms with E-state index in [1.54, 1.807) is 13.8 Å². The number of hydrogen-bond acceptors (Lipinski definition) is 4. The second kappa shape index (κ2) is 7.75. The summed E-state index contributed by atoms with van der Waals surface area (Å²) in [4.78, 5) is 10.9. The predicted molar refractivity (Wildman–Crippen MR) is 77.4 cm³/mol. The van der Waals surface area contributed by atoms with Gasteiger partial charge >= 0.3 is 5.97 Å². The molecule has 0 aliphatic heterocycles. The van der Waals surface area contributed by atoms with Gasteiger partial charge < -0.3 is 14.6 Å². The third-order valence-electron chi connectivity index (χ3n) is 2.77. The maximum atomic E-state index is 10.9. The molecule has 0 spiro atoms. The summed E-state index contributed by atoms with van der Waals surface area (Å²) in [5.41, 5.74) is -0.943. The van der Waals surface area contributed by atoms with Crippen LogP contribution in [-0.4, -0.2) is 36.4 Å². The first-order valence-corrected chi connectivity index (χ1v) is 6.80. The molecule has 0 aliphatic rings. The number of rotatable bonds is 9. The third-order valence-corrected chi connectivity index (χ3v) is 2.77. The fourth-order valence-corrected chi connectivity index (χ4v) is 1.46. The summed E-state index contributed by atoms with van der Waals surface area (Å²) in [6.07, 6.45) is 0.975. The van der Waals surface area contributed by atoms with Crippen molar-refractivity contribution >= 4 is 5.97 Å². The summed E-state index contributed by atoms with van der Waals surface area (Å²) in [5, 5.41) is 11.9. The van der Waals surface area contributed by atoms with Gasteiger partial charge in [-0.1, -0.05) is 6.92 Å². The Morgan fingerprint density at radius 2 is 1.65 bits per heavy atom. The maximum Gasteiger partial charge on any atom is 0.323 e. The van der Waals surface area contributed by atoms with Crippen LogP contribution in [0.4, 0.5) is 0 Å². The molecule has 0 heterocycles. The summed E-state index contributed by atoms with van der Waals surface area (Å²) in [5.74, 6) is 0.683. The van der Waals surface area contributed by atoms with E-state index in [4.69, 9.17) is 14.6 Å². The van der Waals surface area contributed by atoms with Crippen LogP contribution in [0, 0.1) is 0 Å². The van der Waals surface area contributed by atoms with Gasteiger partial charge in [-0.2, -0.15) is 0 Å². The molecule has 1 aromatic carbocycles. The molecule has 0 unspecified atom stereocenters. The number of ether oxygens (including phenoxy) is 2. The Morgan fingerprint density at radius 3 is 2.10 bits per heavy atom. The summed E-state index contributed by atoms with van der Waals surface area (Å²) in [7, 11) is 0. The molecule has 0 saturated carbocycles. The second-order valence-electron chi connectivity index (χ2n) is 5.03. The van der Waals surface area contributed by atoms with Gasteiger partial charge in [-0.15, -0.1) is 0 Å². The molecule has 5 nitrogen and oxygen atoms in total. The van der Waals surface area contributed by atoms with Crippen molar-refractivity contribution in [2.75, 3.05) is 19.8 Å². The van der Waals surface area contributed by atoms with Crippen molar-refractivity contribution < 1.29 is 19.4 Å². The maximum absolute atomic E-state index is 10.9. The van der Waals surface area contributed by atoms with Gasteiger partial charge in [-0.3, -0.25) is 10.1 Å². The van der Waals surface area contributed by atoms with Crippen LogP contribution < -0.4 is 14.8 Å². The number of carboxylic acids is 1. The first kappa shape index (κ1) is 16.3. The van der Waals surface area contributed by atoms with Gasteiger partial charge in [-0.05, 0) is 44.5 Å². The Hall–Kier alpha value is -1.75. The van der Waals surface area contributed by atoms with Crippen molar-refractivity contribution in [1.82, 2.24) is 5.32 Å². The molecular formula is C15H23NO4. The van der Waals surface area contributed by atoms with Gasteiger partial charge in [0.2, 0.25) is 0 Å². The number of aliphatic carboxylic acids is 1. The molecule has 0 amide bonds. The molecule has 0 fully saturated rings. The highest BCUT2D eigenvalue weighted by molar-refractivity contribution is 5.77. The molecule has 20 heavy (non-hydrogen) atoms. The quantitative estimate of drug-likeness (QED) is 0.680. The van der Waals surface area contributed by atoms with Crippen LogP contribution in [-0.2, 0) is 4.79 Å². The molecule has 0 atom stereocenters. The van der Waals surface area contributed by atoms with E-state index in [0.717, 1.165) is 17.9 Å². The minimum Gasteiger partial charge on any atom is -0.494 e. The number of carboxylic acid groups (broad SMARTS) is 1. The first-order valence-electron chi connectivity index (χ1n) is 6.80. The van der Waals surface area contributed by atoms with Crippen molar-refractivity contribution in [1.29, 1.82) is 0 Å². The van der Waals surface area contributed by atoms with Gasteiger partial charge in [0.05, 0.1) is 6.61 Å². The van der Waals surface area contributed by atoms with Crippen LogP contribution in [0.5, 0.6) is 11.5 Å². The predicted octanol–water partition coefficient (Wildman–Crippen LogP) is 2.31. The average Bonchev–Trinajstić information content (AvgIpc) is 2.42. The number of hydrogen-bond donors (Lipinski definition) is 2. The van der Waals surface area contributed by atoms with E-state index < -0.39 is 11.5 Å². The first-order chi connectivity index (χ1) is 9.45. The largest absolute Gasteiger partial charge is 0.494 e. The molecule has 112 valence electrons. The Bertz CT molecular complexity index is 414. The standard InChI is InChI=1S/C15H23NO4/c1-4-10-19-12-5-7-13(8-6-12)20-11-9-16-15(2,3)14(17)18/h5-8,16H,4,9-11H2,1-3H3,(H,17,18). The van der Waals surface area contributed by atoms with Crippen molar-refractivity contribution in [3.8, 4) is 11.5 Å². The van der Waals surface area contributed by atoms with E-state index in [1.807, 2.05) is 24.3 Å². The zero-order valence-corrected chi connectivity index (χ0v) is 12.3. The summed E-state index contributed by atoms with van der Waals surface area (Å²) in [6, 6.07) is 7.40. The number of carbonyl (C=O) groups is 1. The lowest BCUT2D eigenvalue weighted by Gasteiger charge is -2.20. The van der Waals surface area contributed by atoms with E-state index >= 15 is 0 Å². The van der Waals surface area contributed by atoms with Gasteiger partial charge in [0, 0.05) is 6.54 Å². The van der Waals surface area contributed by atoms with Gasteiger partial charge in [-0.25, -0.2) is 0 Å². The molecule has 5 heteroatoms. The lowest BCUT2D eigenvalue weighted by molar-refractivity contribution is -0.143. The summed E-state index contributed by atoms with van der Waals surface area (Å²) >= 11 is 0. The normalized spacial score (nSPS) is 11.2. The average molecular weight is 281 g/mol. The molecular weight excluding hydrogens is 258 g/mol. The second-order valence-corrected chi connectivity index (χ2v) is 5.03. The minimum atomic E-state index is -0.943. The van der Waals surface area contributed by atoms with Crippen LogP contribution in [0.3, 0.4) is 0 Å². The van der Waals surface area contributed by atoms with Gasteiger partial charge in [0.15, 0.2) is 0 Å². The topological polar surface area (TPSA) is 67.8 Å². The van der Waals surface area contributed by atoms with Crippen molar-refractivity contribution in [3.05, 3.63) is 24.3 Å². The minimum absolute atomic E-state index is 0.409. The summed E-state index contributed by atoms with van der Waals surface area (Å²) in [6.45, 7) is 6.88. The molecule has 0 radical (unpaired) electrons. The zero-order chi connectivity index (χ0) is 15.0. The van der Waals surface area contributed by atoms with Crippen LogP contribution in [0.1, 0.15) is 27.2 Å². The summed E-state index contributed by atoms with van der Waals surface area (Å²) < 4.78 is 11.0. The molecule has 0 saturated heterocycles. The number of benzene rings is 1. The van der Waals surface area contributed by atoms with E-state index in [9.17, 15) is 4.79 Å². The fraction of sp³-hybridized carbons (Fsp3) is 0.533. The molecule has 1 rings (SSSR count). The fourth-order valence-electron chi connectivity index (χ4n) is 1.46. The van der Waals surface area contributed by atoms with Crippen LogP contribution in [0.2, 0.25) is 0 Å². The highest BCUT2D eigenvalue weighted by atomic mass is 16.5. The van der Waals surface area contributed by atoms with E-state index in [1.165, 1.54) is 0 Å². The molecule has 1 aromatic rings. The van der Waals surface area contributed by atoms with Crippen LogP contribution >= 0.6 is 0 Å². The Balaban J connectivity index is 2.30. The molecule has 0 aromatic heterocycles. The third kappa shape index (κ3) is 5.48. The molecule has 2 N–H and O–H groups in total. The van der Waals surface area contributed by atoms with Gasteiger partial charge in [0.1, 0.15) is 23.6 Å². The van der Waals surface area contributed by atoms with Gasteiger partial charge in [0.25, 0.3) is 0 Å². The van der Waals surface area contributed by atoms with E-state index in [-0.39, 0.29) is 0 Å². The zero-order valence-electron chi connectivity index (χ0n) is 12.3. The van der Waals surface area contributed by atoms with Crippen molar-refractivity contribution in [3.63, 3.8) is 0 Å². The monoisotopic (exact) mass is 281 g/mol.